The fourth-order valence-corrected chi connectivity index (χ4v) is 3.72. The minimum absolute atomic E-state index is 0.134. The van der Waals surface area contributed by atoms with Crippen molar-refractivity contribution in [2.24, 2.45) is 0 Å². The zero-order valence-electron chi connectivity index (χ0n) is 18.9. The van der Waals surface area contributed by atoms with Crippen LogP contribution in [0.25, 0.3) is 11.0 Å². The molecule has 1 amide bonds. The van der Waals surface area contributed by atoms with Crippen molar-refractivity contribution in [3.8, 4) is 0 Å². The van der Waals surface area contributed by atoms with Crippen LogP contribution in [-0.2, 0) is 23.2 Å². The van der Waals surface area contributed by atoms with Crippen LogP contribution in [0.4, 0.5) is 0 Å². The first kappa shape index (κ1) is 22.1. The van der Waals surface area contributed by atoms with Gasteiger partial charge in [0.1, 0.15) is 5.82 Å². The van der Waals surface area contributed by atoms with Gasteiger partial charge in [0.25, 0.3) is 0 Å². The van der Waals surface area contributed by atoms with Crippen molar-refractivity contribution in [3.63, 3.8) is 0 Å². The fraction of sp³-hybridized carbons (Fsp3) is 0.462. The van der Waals surface area contributed by atoms with Gasteiger partial charge in [0.15, 0.2) is 0 Å². The molecule has 0 radical (unpaired) electrons. The van der Waals surface area contributed by atoms with Gasteiger partial charge in [-0.05, 0) is 41.5 Å². The smallest absolute Gasteiger partial charge is 0.219 e. The van der Waals surface area contributed by atoms with Crippen molar-refractivity contribution in [1.82, 2.24) is 14.9 Å². The van der Waals surface area contributed by atoms with E-state index in [1.165, 1.54) is 16.6 Å². The number of carbonyl (C=O) groups is 1. The molecule has 1 heterocycles. The van der Waals surface area contributed by atoms with Crippen molar-refractivity contribution in [2.45, 2.75) is 71.8 Å². The number of aromatic nitrogens is 2. The number of nitrogens with one attached hydrogen (secondary N) is 1. The third kappa shape index (κ3) is 5.71. The summed E-state index contributed by atoms with van der Waals surface area (Å²) < 4.78 is 2.36. The monoisotopic (exact) mass is 405 g/mol. The molecule has 0 aliphatic heterocycles. The van der Waals surface area contributed by atoms with Gasteiger partial charge < -0.3 is 9.88 Å². The number of hydrogen-bond donors (Lipinski definition) is 1. The Hall–Kier alpha value is -2.62. The maximum atomic E-state index is 11.3. The second kappa shape index (κ2) is 9.92. The predicted molar refractivity (Wildman–Crippen MR) is 125 cm³/mol. The zero-order valence-corrected chi connectivity index (χ0v) is 18.9. The Balaban J connectivity index is 1.68. The largest absolute Gasteiger partial charge is 0.356 e. The van der Waals surface area contributed by atoms with E-state index in [9.17, 15) is 4.79 Å². The van der Waals surface area contributed by atoms with Gasteiger partial charge in [0, 0.05) is 25.9 Å². The third-order valence-electron chi connectivity index (χ3n) is 5.61. The highest BCUT2D eigenvalue weighted by Gasteiger charge is 2.14. The molecule has 0 fully saturated rings. The molecular formula is C26H35N3O. The number of aryl methyl sites for hydroxylation is 1. The van der Waals surface area contributed by atoms with Crippen LogP contribution in [0.5, 0.6) is 0 Å². The number of amides is 1. The summed E-state index contributed by atoms with van der Waals surface area (Å²) in [6, 6.07) is 17.4. The Labute approximate surface area is 180 Å². The van der Waals surface area contributed by atoms with Crippen molar-refractivity contribution >= 4 is 16.9 Å². The van der Waals surface area contributed by atoms with Crippen LogP contribution in [0, 0.1) is 0 Å². The molecule has 160 valence electrons. The number of benzene rings is 2. The normalized spacial score (nSPS) is 11.7. The molecule has 3 rings (SSSR count). The molecule has 0 saturated carbocycles. The van der Waals surface area contributed by atoms with Crippen molar-refractivity contribution < 1.29 is 4.79 Å². The third-order valence-corrected chi connectivity index (χ3v) is 5.61. The Morgan fingerprint density at radius 3 is 2.43 bits per heavy atom. The first-order chi connectivity index (χ1) is 14.4. The summed E-state index contributed by atoms with van der Waals surface area (Å²) in [5.41, 5.74) is 5.09. The first-order valence-corrected chi connectivity index (χ1v) is 11.2. The Morgan fingerprint density at radius 1 is 1.00 bits per heavy atom. The van der Waals surface area contributed by atoms with Gasteiger partial charge in [0.2, 0.25) is 5.91 Å². The molecule has 0 unspecified atom stereocenters. The molecule has 2 aromatic carbocycles. The number of rotatable bonds is 9. The SMILES string of the molecule is CCC(=O)NCCCCCc1nc2ccccc2n1Cc1ccc(C(C)(C)C)cc1. The number of hydrogen-bond acceptors (Lipinski definition) is 2. The summed E-state index contributed by atoms with van der Waals surface area (Å²) in [6.07, 6.45) is 4.69. The lowest BCUT2D eigenvalue weighted by Gasteiger charge is -2.19. The first-order valence-electron chi connectivity index (χ1n) is 11.2. The zero-order chi connectivity index (χ0) is 21.6. The molecule has 1 N–H and O–H groups in total. The Morgan fingerprint density at radius 2 is 1.73 bits per heavy atom. The van der Waals surface area contributed by atoms with E-state index in [0.29, 0.717) is 6.42 Å². The molecule has 0 spiro atoms. The number of imidazole rings is 1. The van der Waals surface area contributed by atoms with Crippen LogP contribution < -0.4 is 5.32 Å². The molecule has 3 aromatic rings. The molecular weight excluding hydrogens is 370 g/mol. The van der Waals surface area contributed by atoms with E-state index in [2.05, 4.69) is 79.2 Å². The van der Waals surface area contributed by atoms with E-state index in [0.717, 1.165) is 50.1 Å². The van der Waals surface area contributed by atoms with Crippen molar-refractivity contribution in [2.75, 3.05) is 6.54 Å². The molecule has 0 bridgehead atoms. The fourth-order valence-electron chi connectivity index (χ4n) is 3.72. The summed E-state index contributed by atoms with van der Waals surface area (Å²) in [4.78, 5) is 16.3. The lowest BCUT2D eigenvalue weighted by atomic mass is 9.87. The van der Waals surface area contributed by atoms with Gasteiger partial charge in [0.05, 0.1) is 11.0 Å². The van der Waals surface area contributed by atoms with E-state index in [1.807, 2.05) is 6.92 Å². The summed E-state index contributed by atoms with van der Waals surface area (Å²) >= 11 is 0. The van der Waals surface area contributed by atoms with Crippen LogP contribution in [-0.4, -0.2) is 22.0 Å². The Bertz CT molecular complexity index is 964. The minimum atomic E-state index is 0.134. The van der Waals surface area contributed by atoms with Crippen LogP contribution in [0.15, 0.2) is 48.5 Å². The molecule has 4 heteroatoms. The van der Waals surface area contributed by atoms with Gasteiger partial charge >= 0.3 is 0 Å². The standard InChI is InChI=1S/C26H35N3O/c1-5-25(30)27-18-10-6-7-13-24-28-22-11-8-9-12-23(22)29(24)19-20-14-16-21(17-15-20)26(2,3)4/h8-9,11-12,14-17H,5-7,10,13,18-19H2,1-4H3,(H,27,30). The topological polar surface area (TPSA) is 46.9 Å². The van der Waals surface area contributed by atoms with Crippen LogP contribution >= 0.6 is 0 Å². The summed E-state index contributed by atoms with van der Waals surface area (Å²) in [5, 5.41) is 2.95. The summed E-state index contributed by atoms with van der Waals surface area (Å²) in [6.45, 7) is 10.2. The van der Waals surface area contributed by atoms with Gasteiger partial charge in [-0.15, -0.1) is 0 Å². The minimum Gasteiger partial charge on any atom is -0.356 e. The molecule has 4 nitrogen and oxygen atoms in total. The summed E-state index contributed by atoms with van der Waals surface area (Å²) in [7, 11) is 0. The number of para-hydroxylation sites is 2. The number of carbonyl (C=O) groups excluding carboxylic acids is 1. The molecule has 0 saturated heterocycles. The van der Waals surface area contributed by atoms with Crippen molar-refractivity contribution in [3.05, 3.63) is 65.5 Å². The molecule has 30 heavy (non-hydrogen) atoms. The lowest BCUT2D eigenvalue weighted by Crippen LogP contribution is -2.23. The highest BCUT2D eigenvalue weighted by atomic mass is 16.1. The highest BCUT2D eigenvalue weighted by molar-refractivity contribution is 5.76. The van der Waals surface area contributed by atoms with E-state index in [1.54, 1.807) is 0 Å². The number of unbranched alkanes of at least 4 members (excludes halogenated alkanes) is 2. The summed E-state index contributed by atoms with van der Waals surface area (Å²) in [5.74, 6) is 1.28. The van der Waals surface area contributed by atoms with Gasteiger partial charge in [-0.2, -0.15) is 0 Å². The van der Waals surface area contributed by atoms with E-state index in [-0.39, 0.29) is 11.3 Å². The average Bonchev–Trinajstić information content (AvgIpc) is 3.07. The molecule has 0 atom stereocenters. The second-order valence-corrected chi connectivity index (χ2v) is 9.06. The van der Waals surface area contributed by atoms with Gasteiger partial charge in [-0.25, -0.2) is 4.98 Å². The lowest BCUT2D eigenvalue weighted by molar-refractivity contribution is -0.120. The average molecular weight is 406 g/mol. The van der Waals surface area contributed by atoms with E-state index in [4.69, 9.17) is 4.98 Å². The van der Waals surface area contributed by atoms with E-state index < -0.39 is 0 Å². The molecule has 0 aliphatic carbocycles. The number of fused-ring (bicyclic) bond motifs is 1. The quantitative estimate of drug-likeness (QED) is 0.470. The van der Waals surface area contributed by atoms with Crippen LogP contribution in [0.2, 0.25) is 0 Å². The number of nitrogens with zero attached hydrogens (tertiary/aromatic N) is 2. The maximum Gasteiger partial charge on any atom is 0.219 e. The maximum absolute atomic E-state index is 11.3. The molecule has 0 aliphatic rings. The van der Waals surface area contributed by atoms with Gasteiger partial charge in [-0.1, -0.05) is 70.5 Å². The highest BCUT2D eigenvalue weighted by Crippen LogP contribution is 2.24. The van der Waals surface area contributed by atoms with Crippen molar-refractivity contribution in [1.29, 1.82) is 0 Å². The predicted octanol–water partition coefficient (Wildman–Crippen LogP) is 5.62. The van der Waals surface area contributed by atoms with E-state index >= 15 is 0 Å². The Kier molecular flexibility index (Phi) is 7.30. The van der Waals surface area contributed by atoms with Gasteiger partial charge in [-0.3, -0.25) is 4.79 Å². The second-order valence-electron chi connectivity index (χ2n) is 9.06. The van der Waals surface area contributed by atoms with Crippen LogP contribution in [0.3, 0.4) is 0 Å². The molecule has 1 aromatic heterocycles. The van der Waals surface area contributed by atoms with Crippen LogP contribution in [0.1, 0.15) is 70.3 Å².